The van der Waals surface area contributed by atoms with E-state index in [0.29, 0.717) is 17.8 Å². The van der Waals surface area contributed by atoms with E-state index in [-0.39, 0.29) is 17.2 Å². The van der Waals surface area contributed by atoms with Crippen molar-refractivity contribution in [2.75, 3.05) is 7.11 Å². The average Bonchev–Trinajstić information content (AvgIpc) is 2.42. The maximum Gasteiger partial charge on any atom is 0.269 e. The molecule has 5 heteroatoms. The van der Waals surface area contributed by atoms with Gasteiger partial charge in [-0.3, -0.25) is 10.2 Å². The highest BCUT2D eigenvalue weighted by Crippen LogP contribution is 2.25. The molecule has 2 N–H and O–H groups in total. The Morgan fingerprint density at radius 2 is 2.00 bits per heavy atom. The Labute approximate surface area is 119 Å². The molecular formula is C15H22N2O3. The van der Waals surface area contributed by atoms with E-state index < -0.39 is 0 Å². The lowest BCUT2D eigenvalue weighted by atomic mass is 10.00. The number of rotatable bonds is 3. The highest BCUT2D eigenvalue weighted by atomic mass is 16.5. The molecule has 5 nitrogen and oxygen atoms in total. The van der Waals surface area contributed by atoms with Crippen LogP contribution in [0.4, 0.5) is 0 Å². The molecule has 0 spiro atoms. The van der Waals surface area contributed by atoms with E-state index in [9.17, 15) is 9.90 Å². The van der Waals surface area contributed by atoms with E-state index in [1.54, 1.807) is 12.1 Å². The number of ether oxygens (including phenoxy) is 1. The molecule has 2 atom stereocenters. The minimum Gasteiger partial charge on any atom is -0.507 e. The second-order valence-corrected chi connectivity index (χ2v) is 5.36. The standard InChI is InChI=1S/C15H22N2O3/c1-10-5-4-6-11(2)17(10)16-15(19)13-8-7-12(20-3)9-14(13)18/h7-11,18H,4-6H2,1-3H3,(H,16,19). The molecule has 1 aliphatic heterocycles. The number of phenols is 1. The number of nitrogens with zero attached hydrogens (tertiary/aromatic N) is 1. The Morgan fingerprint density at radius 3 is 2.55 bits per heavy atom. The molecule has 20 heavy (non-hydrogen) atoms. The van der Waals surface area contributed by atoms with Gasteiger partial charge in [-0.1, -0.05) is 6.42 Å². The first-order valence-corrected chi connectivity index (χ1v) is 6.99. The van der Waals surface area contributed by atoms with Gasteiger partial charge in [0.15, 0.2) is 0 Å². The fourth-order valence-corrected chi connectivity index (χ4v) is 2.65. The van der Waals surface area contributed by atoms with Crippen LogP contribution in [0.5, 0.6) is 11.5 Å². The summed E-state index contributed by atoms with van der Waals surface area (Å²) in [5.74, 6) is 0.170. The highest BCUT2D eigenvalue weighted by Gasteiger charge is 2.27. The number of hydrogen-bond donors (Lipinski definition) is 2. The molecule has 1 aliphatic rings. The van der Waals surface area contributed by atoms with Crippen molar-refractivity contribution < 1.29 is 14.6 Å². The van der Waals surface area contributed by atoms with Gasteiger partial charge in [0, 0.05) is 18.2 Å². The van der Waals surface area contributed by atoms with Gasteiger partial charge in [-0.2, -0.15) is 0 Å². The summed E-state index contributed by atoms with van der Waals surface area (Å²) >= 11 is 0. The predicted octanol–water partition coefficient (Wildman–Crippen LogP) is 2.31. The smallest absolute Gasteiger partial charge is 0.269 e. The number of amides is 1. The van der Waals surface area contributed by atoms with Crippen LogP contribution in [-0.4, -0.2) is 35.2 Å². The molecule has 0 saturated carbocycles. The predicted molar refractivity (Wildman–Crippen MR) is 76.7 cm³/mol. The molecule has 1 aromatic rings. The van der Waals surface area contributed by atoms with Crippen LogP contribution in [0, 0.1) is 0 Å². The van der Waals surface area contributed by atoms with Crippen LogP contribution >= 0.6 is 0 Å². The maximum absolute atomic E-state index is 12.3. The van der Waals surface area contributed by atoms with Crippen LogP contribution in [0.2, 0.25) is 0 Å². The van der Waals surface area contributed by atoms with Crippen molar-refractivity contribution in [3.8, 4) is 11.5 Å². The molecule has 0 bridgehead atoms. The van der Waals surface area contributed by atoms with Crippen LogP contribution in [-0.2, 0) is 0 Å². The molecular weight excluding hydrogens is 256 g/mol. The fraction of sp³-hybridized carbons (Fsp3) is 0.533. The number of hydrazine groups is 1. The summed E-state index contributed by atoms with van der Waals surface area (Å²) in [5.41, 5.74) is 3.17. The summed E-state index contributed by atoms with van der Waals surface area (Å²) in [6.45, 7) is 4.20. The number of nitrogens with one attached hydrogen (secondary N) is 1. The minimum absolute atomic E-state index is 0.0702. The molecule has 0 radical (unpaired) electrons. The van der Waals surface area contributed by atoms with Crippen LogP contribution in [0.15, 0.2) is 18.2 Å². The number of piperidine rings is 1. The van der Waals surface area contributed by atoms with Crippen molar-refractivity contribution in [2.24, 2.45) is 0 Å². The second-order valence-electron chi connectivity index (χ2n) is 5.36. The van der Waals surface area contributed by atoms with E-state index in [1.807, 2.05) is 5.01 Å². The Kier molecular flexibility index (Phi) is 4.49. The topological polar surface area (TPSA) is 61.8 Å². The third-order valence-electron chi connectivity index (χ3n) is 3.87. The van der Waals surface area contributed by atoms with Gasteiger partial charge in [-0.15, -0.1) is 0 Å². The number of hydrogen-bond acceptors (Lipinski definition) is 4. The Bertz CT molecular complexity index is 480. The monoisotopic (exact) mass is 278 g/mol. The molecule has 0 aromatic heterocycles. The van der Waals surface area contributed by atoms with Crippen molar-refractivity contribution in [3.05, 3.63) is 23.8 Å². The van der Waals surface area contributed by atoms with E-state index in [1.165, 1.54) is 19.6 Å². The number of aromatic hydroxyl groups is 1. The minimum atomic E-state index is -0.286. The summed E-state index contributed by atoms with van der Waals surface area (Å²) in [7, 11) is 1.52. The van der Waals surface area contributed by atoms with Crippen LogP contribution in [0.1, 0.15) is 43.5 Å². The van der Waals surface area contributed by atoms with E-state index in [4.69, 9.17) is 4.74 Å². The summed E-state index contributed by atoms with van der Waals surface area (Å²) in [4.78, 5) is 12.3. The maximum atomic E-state index is 12.3. The van der Waals surface area contributed by atoms with Gasteiger partial charge in [-0.25, -0.2) is 5.01 Å². The van der Waals surface area contributed by atoms with Crippen LogP contribution in [0.3, 0.4) is 0 Å². The van der Waals surface area contributed by atoms with Gasteiger partial charge < -0.3 is 9.84 Å². The third kappa shape index (κ3) is 3.04. The van der Waals surface area contributed by atoms with Crippen LogP contribution < -0.4 is 10.2 Å². The average molecular weight is 278 g/mol. The molecule has 2 rings (SSSR count). The summed E-state index contributed by atoms with van der Waals surface area (Å²) in [6, 6.07) is 5.30. The van der Waals surface area contributed by atoms with Gasteiger partial charge in [0.25, 0.3) is 5.91 Å². The van der Waals surface area contributed by atoms with E-state index >= 15 is 0 Å². The van der Waals surface area contributed by atoms with Crippen molar-refractivity contribution in [1.29, 1.82) is 0 Å². The lowest BCUT2D eigenvalue weighted by Crippen LogP contribution is -2.54. The van der Waals surface area contributed by atoms with Gasteiger partial charge in [-0.05, 0) is 38.8 Å². The summed E-state index contributed by atoms with van der Waals surface area (Å²) in [5, 5.41) is 11.9. The summed E-state index contributed by atoms with van der Waals surface area (Å²) < 4.78 is 5.01. The molecule has 1 aromatic carbocycles. The van der Waals surface area contributed by atoms with E-state index in [0.717, 1.165) is 12.8 Å². The number of methoxy groups -OCH3 is 1. The quantitative estimate of drug-likeness (QED) is 0.890. The molecule has 1 amide bonds. The first kappa shape index (κ1) is 14.7. The van der Waals surface area contributed by atoms with Gasteiger partial charge in [0.05, 0.1) is 12.7 Å². The molecule has 0 aliphatic carbocycles. The van der Waals surface area contributed by atoms with Gasteiger partial charge in [0.2, 0.25) is 0 Å². The molecule has 2 unspecified atom stereocenters. The third-order valence-corrected chi connectivity index (χ3v) is 3.87. The zero-order chi connectivity index (χ0) is 14.7. The van der Waals surface area contributed by atoms with Gasteiger partial charge in [0.1, 0.15) is 11.5 Å². The molecule has 110 valence electrons. The highest BCUT2D eigenvalue weighted by molar-refractivity contribution is 5.96. The fourth-order valence-electron chi connectivity index (χ4n) is 2.65. The zero-order valence-corrected chi connectivity index (χ0v) is 12.2. The number of phenolic OH excluding ortho intramolecular Hbond substituents is 1. The number of carbonyl (C=O) groups excluding carboxylic acids is 1. The number of carbonyl (C=O) groups is 1. The molecule has 1 saturated heterocycles. The lowest BCUT2D eigenvalue weighted by molar-refractivity contribution is 0.0368. The largest absolute Gasteiger partial charge is 0.507 e. The normalized spacial score (nSPS) is 23.4. The zero-order valence-electron chi connectivity index (χ0n) is 12.2. The Morgan fingerprint density at radius 1 is 1.35 bits per heavy atom. The lowest BCUT2D eigenvalue weighted by Gasteiger charge is -2.38. The summed E-state index contributed by atoms with van der Waals surface area (Å²) in [6.07, 6.45) is 3.32. The van der Waals surface area contributed by atoms with Crippen molar-refractivity contribution in [1.82, 2.24) is 10.4 Å². The SMILES string of the molecule is COc1ccc(C(=O)NN2C(C)CCCC2C)c(O)c1. The Hall–Kier alpha value is -1.75. The van der Waals surface area contributed by atoms with Gasteiger partial charge >= 0.3 is 0 Å². The van der Waals surface area contributed by atoms with Crippen molar-refractivity contribution >= 4 is 5.91 Å². The first-order chi connectivity index (χ1) is 9.52. The van der Waals surface area contributed by atoms with Crippen molar-refractivity contribution in [2.45, 2.75) is 45.2 Å². The molecule has 1 heterocycles. The second kappa shape index (κ2) is 6.13. The molecule has 1 fully saturated rings. The van der Waals surface area contributed by atoms with Crippen molar-refractivity contribution in [3.63, 3.8) is 0 Å². The first-order valence-electron chi connectivity index (χ1n) is 6.99. The Balaban J connectivity index is 2.11. The number of benzene rings is 1. The van der Waals surface area contributed by atoms with Crippen LogP contribution in [0.25, 0.3) is 0 Å². The van der Waals surface area contributed by atoms with E-state index in [2.05, 4.69) is 19.3 Å².